The largest absolute Gasteiger partial charge is 0.448 e. The van der Waals surface area contributed by atoms with Gasteiger partial charge in [0.05, 0.1) is 22.9 Å². The summed E-state index contributed by atoms with van der Waals surface area (Å²) in [6.45, 7) is 5.25. The zero-order valence-electron chi connectivity index (χ0n) is 28.1. The van der Waals surface area contributed by atoms with Crippen LogP contribution in [0.4, 0.5) is 23.7 Å². The van der Waals surface area contributed by atoms with E-state index in [-0.39, 0.29) is 12.0 Å². The number of alkyl halides is 3. The summed E-state index contributed by atoms with van der Waals surface area (Å²) in [7, 11) is 0. The average Bonchev–Trinajstić information content (AvgIpc) is 3.12. The minimum Gasteiger partial charge on any atom is -0.448 e. The highest BCUT2D eigenvalue weighted by Crippen LogP contribution is 2.39. The summed E-state index contributed by atoms with van der Waals surface area (Å²) in [6.07, 6.45) is -1.47. The minimum absolute atomic E-state index is 0.0400. The Kier molecular flexibility index (Phi) is 12.5. The second-order valence-corrected chi connectivity index (χ2v) is 13.2. The molecule has 0 spiro atoms. The van der Waals surface area contributed by atoms with Crippen molar-refractivity contribution in [2.45, 2.75) is 63.4 Å². The molecule has 1 aliphatic carbocycles. The average molecular weight is 692 g/mol. The monoisotopic (exact) mass is 691 g/mol. The number of nitrogens with one attached hydrogen (secondary N) is 2. The van der Waals surface area contributed by atoms with Crippen LogP contribution in [-0.4, -0.2) is 71.8 Å². The van der Waals surface area contributed by atoms with Crippen molar-refractivity contribution in [3.8, 4) is 6.07 Å². The zero-order chi connectivity index (χ0) is 35.6. The van der Waals surface area contributed by atoms with Gasteiger partial charge in [-0.05, 0) is 53.6 Å². The summed E-state index contributed by atoms with van der Waals surface area (Å²) in [5.74, 6) is -1.29. The molecular formula is C38H44F3N5O4. The molecule has 1 heterocycles. The lowest BCUT2D eigenvalue weighted by Crippen LogP contribution is -2.51. The van der Waals surface area contributed by atoms with Crippen LogP contribution in [-0.2, 0) is 35.2 Å². The smallest absolute Gasteiger partial charge is 0.418 e. The number of alkyl carbamates (subject to hydrolysis) is 1. The molecule has 50 heavy (non-hydrogen) atoms. The lowest BCUT2D eigenvalue weighted by molar-refractivity contribution is -0.142. The third-order valence-corrected chi connectivity index (χ3v) is 9.63. The molecule has 3 N–H and O–H groups in total. The maximum Gasteiger partial charge on any atom is 0.418 e. The van der Waals surface area contributed by atoms with Crippen LogP contribution in [0, 0.1) is 17.2 Å². The van der Waals surface area contributed by atoms with E-state index in [1.165, 1.54) is 6.07 Å². The number of nitrogens with zero attached hydrogens (tertiary/aromatic N) is 3. The third-order valence-electron chi connectivity index (χ3n) is 9.63. The topological polar surface area (TPSA) is 118 Å². The van der Waals surface area contributed by atoms with Crippen molar-refractivity contribution in [3.05, 3.63) is 101 Å². The van der Waals surface area contributed by atoms with E-state index in [4.69, 9.17) is 10.00 Å². The Morgan fingerprint density at radius 3 is 2.26 bits per heavy atom. The Bertz CT molecular complexity index is 1630. The van der Waals surface area contributed by atoms with Crippen LogP contribution >= 0.6 is 0 Å². The maximum absolute atomic E-state index is 13.9. The molecule has 2 amide bonds. The summed E-state index contributed by atoms with van der Waals surface area (Å²) in [5, 5.41) is 26.3. The highest BCUT2D eigenvalue weighted by molar-refractivity contribution is 5.98. The van der Waals surface area contributed by atoms with E-state index in [0.717, 1.165) is 68.2 Å². The number of amides is 2. The van der Waals surface area contributed by atoms with Crippen molar-refractivity contribution < 1.29 is 32.6 Å². The third kappa shape index (κ3) is 10.1. The molecule has 1 saturated carbocycles. The molecule has 0 bridgehead atoms. The first kappa shape index (κ1) is 36.8. The van der Waals surface area contributed by atoms with Gasteiger partial charge in [-0.2, -0.15) is 18.4 Å². The Morgan fingerprint density at radius 2 is 1.56 bits per heavy atom. The van der Waals surface area contributed by atoms with E-state index in [1.807, 2.05) is 54.6 Å². The number of nitriles is 1. The van der Waals surface area contributed by atoms with Crippen LogP contribution < -0.4 is 10.6 Å². The van der Waals surface area contributed by atoms with E-state index in [1.54, 1.807) is 6.07 Å². The number of rotatable bonds is 12. The summed E-state index contributed by atoms with van der Waals surface area (Å²) >= 11 is 0. The first-order valence-corrected chi connectivity index (χ1v) is 17.2. The SMILES string of the molecule is N#Cc1ccc(NC(=O)C(O)(Cc2cccc(CN3CCN(CCOC(=O)NCc4ccccc4)CC3)c2)C2CCCCC2)c(C(F)(F)F)c1. The lowest BCUT2D eigenvalue weighted by Gasteiger charge is -2.38. The summed E-state index contributed by atoms with van der Waals surface area (Å²) < 4.78 is 47.0. The number of carbonyl (C=O) groups is 2. The minimum atomic E-state index is -4.80. The van der Waals surface area contributed by atoms with Crippen molar-refractivity contribution in [2.75, 3.05) is 44.6 Å². The number of halogens is 3. The maximum atomic E-state index is 13.9. The lowest BCUT2D eigenvalue weighted by atomic mass is 9.73. The first-order valence-electron chi connectivity index (χ1n) is 17.2. The Balaban J connectivity index is 1.16. The fourth-order valence-corrected chi connectivity index (χ4v) is 6.84. The van der Waals surface area contributed by atoms with Gasteiger partial charge in [0.15, 0.2) is 0 Å². The van der Waals surface area contributed by atoms with E-state index >= 15 is 0 Å². The van der Waals surface area contributed by atoms with Crippen molar-refractivity contribution in [1.82, 2.24) is 15.1 Å². The Hall–Kier alpha value is -4.44. The fourth-order valence-electron chi connectivity index (χ4n) is 6.84. The number of piperazine rings is 1. The Morgan fingerprint density at radius 1 is 0.880 bits per heavy atom. The predicted octanol–water partition coefficient (Wildman–Crippen LogP) is 6.11. The van der Waals surface area contributed by atoms with E-state index in [2.05, 4.69) is 20.4 Å². The van der Waals surface area contributed by atoms with E-state index in [0.29, 0.717) is 45.1 Å². The second-order valence-electron chi connectivity index (χ2n) is 13.2. The molecule has 1 unspecified atom stereocenters. The fraction of sp³-hybridized carbons (Fsp3) is 0.447. The molecule has 9 nitrogen and oxygen atoms in total. The Labute approximate surface area is 291 Å². The molecule has 3 aromatic carbocycles. The number of aliphatic hydroxyl groups is 1. The van der Waals surface area contributed by atoms with E-state index in [9.17, 15) is 27.9 Å². The highest BCUT2D eigenvalue weighted by Gasteiger charge is 2.45. The molecule has 1 aliphatic heterocycles. The summed E-state index contributed by atoms with van der Waals surface area (Å²) in [4.78, 5) is 30.4. The van der Waals surface area contributed by atoms with Gasteiger partial charge in [-0.1, -0.05) is 73.9 Å². The first-order chi connectivity index (χ1) is 24.0. The van der Waals surface area contributed by atoms with Gasteiger partial charge in [-0.3, -0.25) is 14.6 Å². The van der Waals surface area contributed by atoms with Gasteiger partial charge in [-0.25, -0.2) is 4.79 Å². The summed E-state index contributed by atoms with van der Waals surface area (Å²) in [5.41, 5.74) is -0.989. The van der Waals surface area contributed by atoms with Crippen molar-refractivity contribution >= 4 is 17.7 Å². The number of hydrogen-bond donors (Lipinski definition) is 3. The van der Waals surface area contributed by atoms with Gasteiger partial charge in [0.25, 0.3) is 5.91 Å². The molecule has 1 saturated heterocycles. The van der Waals surface area contributed by atoms with Gasteiger partial charge in [0.2, 0.25) is 0 Å². The van der Waals surface area contributed by atoms with Crippen molar-refractivity contribution in [3.63, 3.8) is 0 Å². The van der Waals surface area contributed by atoms with Gasteiger partial charge in [-0.15, -0.1) is 0 Å². The number of anilines is 1. The van der Waals surface area contributed by atoms with Crippen LogP contribution in [0.3, 0.4) is 0 Å². The van der Waals surface area contributed by atoms with Gasteiger partial charge in [0, 0.05) is 52.2 Å². The number of benzene rings is 3. The van der Waals surface area contributed by atoms with Gasteiger partial charge in [0.1, 0.15) is 12.2 Å². The molecule has 3 aromatic rings. The molecule has 0 aromatic heterocycles. The van der Waals surface area contributed by atoms with Crippen LogP contribution in [0.15, 0.2) is 72.8 Å². The molecule has 5 rings (SSSR count). The summed E-state index contributed by atoms with van der Waals surface area (Å²) in [6, 6.07) is 22.0. The van der Waals surface area contributed by atoms with Crippen molar-refractivity contribution in [1.29, 1.82) is 5.26 Å². The van der Waals surface area contributed by atoms with Gasteiger partial charge < -0.3 is 20.5 Å². The number of carbonyl (C=O) groups excluding carboxylic acids is 2. The quantitative estimate of drug-likeness (QED) is 0.210. The molecule has 266 valence electrons. The molecule has 1 atom stereocenters. The normalized spacial score (nSPS) is 17.3. The molecule has 0 radical (unpaired) electrons. The van der Waals surface area contributed by atoms with Gasteiger partial charge >= 0.3 is 12.3 Å². The molecule has 2 fully saturated rings. The number of ether oxygens (including phenoxy) is 1. The highest BCUT2D eigenvalue weighted by atomic mass is 19.4. The van der Waals surface area contributed by atoms with Crippen LogP contribution in [0.5, 0.6) is 0 Å². The van der Waals surface area contributed by atoms with Crippen LogP contribution in [0.25, 0.3) is 0 Å². The zero-order valence-corrected chi connectivity index (χ0v) is 28.1. The predicted molar refractivity (Wildman–Crippen MR) is 183 cm³/mol. The standard InChI is InChI=1S/C38H44F3N5O4/c39-38(40,41)33-23-30(25-42)14-15-34(33)44-35(47)37(49,32-12-5-2-6-13-32)24-29-10-7-11-31(22-29)27-46-18-16-45(17-19-46)20-21-50-36(48)43-26-28-8-3-1-4-9-28/h1,3-4,7-11,14-15,22-23,32,49H,2,5-6,12-13,16-21,24,26-27H2,(H,43,48)(H,44,47). The van der Waals surface area contributed by atoms with Crippen LogP contribution in [0.2, 0.25) is 0 Å². The van der Waals surface area contributed by atoms with E-state index < -0.39 is 40.9 Å². The molecule has 12 heteroatoms. The van der Waals surface area contributed by atoms with Crippen molar-refractivity contribution in [2.24, 2.45) is 5.92 Å². The molecule has 2 aliphatic rings. The second kappa shape index (κ2) is 17.0. The number of hydrogen-bond acceptors (Lipinski definition) is 7. The molecular weight excluding hydrogens is 647 g/mol. The van der Waals surface area contributed by atoms with Crippen LogP contribution in [0.1, 0.15) is 59.9 Å².